The summed E-state index contributed by atoms with van der Waals surface area (Å²) in [7, 11) is 0. The molecular weight excluding hydrogens is 316 g/mol. The van der Waals surface area contributed by atoms with Gasteiger partial charge in [-0.1, -0.05) is 19.6 Å². The maximum atomic E-state index is 12.0. The molecule has 2 rings (SSSR count). The highest BCUT2D eigenvalue weighted by molar-refractivity contribution is 5.93. The molecule has 0 aliphatic rings. The Morgan fingerprint density at radius 1 is 1.00 bits per heavy atom. The second-order valence-electron chi connectivity index (χ2n) is 5.40. The van der Waals surface area contributed by atoms with E-state index in [1.54, 1.807) is 18.2 Å². The lowest BCUT2D eigenvalue weighted by molar-refractivity contribution is -0.114. The number of amides is 1. The minimum atomic E-state index is -0.119. The van der Waals surface area contributed by atoms with Crippen LogP contribution < -0.4 is 20.1 Å². The second-order valence-corrected chi connectivity index (χ2v) is 5.40. The van der Waals surface area contributed by atoms with E-state index in [4.69, 9.17) is 9.47 Å². The van der Waals surface area contributed by atoms with Crippen molar-refractivity contribution in [2.24, 2.45) is 0 Å². The van der Waals surface area contributed by atoms with Crippen LogP contribution in [0.25, 0.3) is 0 Å². The standard InChI is InChI=1S/C20H24N2O3/c1-3-13-24-18-9-5-16(6-10-18)21-15-20(23)22-17-7-11-19(12-8-17)25-14-4-2/h4-12,21H,2-3,13-15H2,1H3,(H,22,23). The molecule has 0 heterocycles. The fourth-order valence-electron chi connectivity index (χ4n) is 2.07. The van der Waals surface area contributed by atoms with Crippen LogP contribution >= 0.6 is 0 Å². The molecule has 0 fully saturated rings. The molecule has 0 aliphatic heterocycles. The summed E-state index contributed by atoms with van der Waals surface area (Å²) in [5, 5.41) is 5.92. The Bertz CT molecular complexity index is 666. The Labute approximate surface area is 148 Å². The largest absolute Gasteiger partial charge is 0.494 e. The number of rotatable bonds is 10. The number of hydrogen-bond donors (Lipinski definition) is 2. The van der Waals surface area contributed by atoms with Crippen LogP contribution in [0.2, 0.25) is 0 Å². The van der Waals surface area contributed by atoms with E-state index < -0.39 is 0 Å². The number of ether oxygens (including phenoxy) is 2. The number of anilines is 2. The number of carbonyl (C=O) groups excluding carboxylic acids is 1. The number of carbonyl (C=O) groups is 1. The van der Waals surface area contributed by atoms with Crippen LogP contribution in [0.1, 0.15) is 13.3 Å². The van der Waals surface area contributed by atoms with Crippen molar-refractivity contribution >= 4 is 17.3 Å². The fourth-order valence-corrected chi connectivity index (χ4v) is 2.07. The molecule has 0 unspecified atom stereocenters. The van der Waals surface area contributed by atoms with Gasteiger partial charge in [0.1, 0.15) is 18.1 Å². The molecule has 2 aromatic carbocycles. The predicted molar refractivity (Wildman–Crippen MR) is 101 cm³/mol. The number of benzene rings is 2. The van der Waals surface area contributed by atoms with Crippen molar-refractivity contribution in [2.45, 2.75) is 13.3 Å². The van der Waals surface area contributed by atoms with E-state index in [2.05, 4.69) is 24.1 Å². The van der Waals surface area contributed by atoms with Gasteiger partial charge < -0.3 is 20.1 Å². The first kappa shape index (κ1) is 18.4. The Kier molecular flexibility index (Phi) is 7.38. The molecule has 132 valence electrons. The molecule has 0 atom stereocenters. The van der Waals surface area contributed by atoms with Crippen LogP contribution in [0.15, 0.2) is 61.2 Å². The second kappa shape index (κ2) is 10.0. The lowest BCUT2D eigenvalue weighted by atomic mass is 10.3. The maximum Gasteiger partial charge on any atom is 0.243 e. The zero-order valence-corrected chi connectivity index (χ0v) is 14.5. The fraction of sp³-hybridized carbons (Fsp3) is 0.250. The molecule has 0 bridgehead atoms. The Morgan fingerprint density at radius 2 is 1.60 bits per heavy atom. The van der Waals surface area contributed by atoms with E-state index in [9.17, 15) is 4.79 Å². The van der Waals surface area contributed by atoms with Crippen LogP contribution in [-0.4, -0.2) is 25.7 Å². The summed E-state index contributed by atoms with van der Waals surface area (Å²) in [5.41, 5.74) is 1.59. The lowest BCUT2D eigenvalue weighted by Crippen LogP contribution is -2.21. The van der Waals surface area contributed by atoms with Crippen molar-refractivity contribution in [3.63, 3.8) is 0 Å². The molecular formula is C20H24N2O3. The first-order valence-corrected chi connectivity index (χ1v) is 8.31. The molecule has 0 aliphatic carbocycles. The minimum Gasteiger partial charge on any atom is -0.494 e. The van der Waals surface area contributed by atoms with E-state index in [0.717, 1.165) is 29.3 Å². The normalized spacial score (nSPS) is 9.96. The molecule has 5 heteroatoms. The van der Waals surface area contributed by atoms with E-state index in [0.29, 0.717) is 13.2 Å². The molecule has 0 spiro atoms. The summed E-state index contributed by atoms with van der Waals surface area (Å²) < 4.78 is 10.9. The summed E-state index contributed by atoms with van der Waals surface area (Å²) in [6.07, 6.45) is 2.66. The molecule has 2 aromatic rings. The zero-order chi connectivity index (χ0) is 17.9. The van der Waals surface area contributed by atoms with Crippen molar-refractivity contribution in [1.29, 1.82) is 0 Å². The quantitative estimate of drug-likeness (QED) is 0.640. The SMILES string of the molecule is C=CCOc1ccc(NC(=O)CNc2ccc(OCCC)cc2)cc1. The van der Waals surface area contributed by atoms with Crippen molar-refractivity contribution in [3.8, 4) is 11.5 Å². The van der Waals surface area contributed by atoms with Crippen LogP contribution in [-0.2, 0) is 4.79 Å². The minimum absolute atomic E-state index is 0.119. The molecule has 0 radical (unpaired) electrons. The number of hydrogen-bond acceptors (Lipinski definition) is 4. The number of nitrogens with one attached hydrogen (secondary N) is 2. The van der Waals surface area contributed by atoms with Gasteiger partial charge in [0.15, 0.2) is 0 Å². The molecule has 0 aromatic heterocycles. The average molecular weight is 340 g/mol. The van der Waals surface area contributed by atoms with Crippen LogP contribution in [0.4, 0.5) is 11.4 Å². The van der Waals surface area contributed by atoms with Crippen LogP contribution in [0.5, 0.6) is 11.5 Å². The third-order valence-corrected chi connectivity index (χ3v) is 3.29. The van der Waals surface area contributed by atoms with Crippen LogP contribution in [0.3, 0.4) is 0 Å². The highest BCUT2D eigenvalue weighted by Crippen LogP contribution is 2.17. The summed E-state index contributed by atoms with van der Waals surface area (Å²) in [6, 6.07) is 14.8. The highest BCUT2D eigenvalue weighted by atomic mass is 16.5. The van der Waals surface area contributed by atoms with E-state index in [1.807, 2.05) is 36.4 Å². The van der Waals surface area contributed by atoms with E-state index in [-0.39, 0.29) is 12.5 Å². The lowest BCUT2D eigenvalue weighted by Gasteiger charge is -2.10. The van der Waals surface area contributed by atoms with Crippen molar-refractivity contribution in [2.75, 3.05) is 30.4 Å². The average Bonchev–Trinajstić information content (AvgIpc) is 2.65. The van der Waals surface area contributed by atoms with Gasteiger partial charge >= 0.3 is 0 Å². The molecule has 5 nitrogen and oxygen atoms in total. The first-order chi connectivity index (χ1) is 12.2. The summed E-state index contributed by atoms with van der Waals surface area (Å²) in [6.45, 7) is 7.01. The van der Waals surface area contributed by atoms with Gasteiger partial charge in [-0.15, -0.1) is 0 Å². The molecule has 25 heavy (non-hydrogen) atoms. The summed E-state index contributed by atoms with van der Waals surface area (Å²) in [5.74, 6) is 1.45. The van der Waals surface area contributed by atoms with Crippen molar-refractivity contribution in [1.82, 2.24) is 0 Å². The van der Waals surface area contributed by atoms with E-state index in [1.165, 1.54) is 0 Å². The van der Waals surface area contributed by atoms with Gasteiger partial charge in [-0.05, 0) is 55.0 Å². The van der Waals surface area contributed by atoms with Crippen molar-refractivity contribution in [3.05, 3.63) is 61.2 Å². The Morgan fingerprint density at radius 3 is 2.20 bits per heavy atom. The molecule has 1 amide bonds. The Balaban J connectivity index is 1.77. The smallest absolute Gasteiger partial charge is 0.243 e. The van der Waals surface area contributed by atoms with Gasteiger partial charge in [0.2, 0.25) is 5.91 Å². The summed E-state index contributed by atoms with van der Waals surface area (Å²) >= 11 is 0. The van der Waals surface area contributed by atoms with Gasteiger partial charge in [-0.25, -0.2) is 0 Å². The molecule has 2 N–H and O–H groups in total. The van der Waals surface area contributed by atoms with E-state index >= 15 is 0 Å². The highest BCUT2D eigenvalue weighted by Gasteiger charge is 2.03. The van der Waals surface area contributed by atoms with Gasteiger partial charge in [-0.2, -0.15) is 0 Å². The van der Waals surface area contributed by atoms with Gasteiger partial charge in [0, 0.05) is 11.4 Å². The van der Waals surface area contributed by atoms with Gasteiger partial charge in [-0.3, -0.25) is 4.79 Å². The topological polar surface area (TPSA) is 59.6 Å². The van der Waals surface area contributed by atoms with Crippen molar-refractivity contribution < 1.29 is 14.3 Å². The third-order valence-electron chi connectivity index (χ3n) is 3.29. The van der Waals surface area contributed by atoms with Gasteiger partial charge in [0.05, 0.1) is 13.2 Å². The molecule has 0 saturated heterocycles. The summed E-state index contributed by atoms with van der Waals surface area (Å²) in [4.78, 5) is 12.0. The predicted octanol–water partition coefficient (Wildman–Crippen LogP) is 4.09. The van der Waals surface area contributed by atoms with Gasteiger partial charge in [0.25, 0.3) is 0 Å². The Hall–Kier alpha value is -2.95. The monoisotopic (exact) mass is 340 g/mol. The molecule has 0 saturated carbocycles. The first-order valence-electron chi connectivity index (χ1n) is 8.31. The van der Waals surface area contributed by atoms with Crippen LogP contribution in [0, 0.1) is 0 Å². The zero-order valence-electron chi connectivity index (χ0n) is 14.5. The third kappa shape index (κ3) is 6.59. The maximum absolute atomic E-state index is 12.0.